The van der Waals surface area contributed by atoms with Gasteiger partial charge in [0.05, 0.1) is 13.3 Å². The molecule has 0 saturated carbocycles. The molecule has 7 nitrogen and oxygen atoms in total. The molecule has 0 atom stereocenters. The molecular formula is C22H19N3O4S. The Morgan fingerprint density at radius 3 is 2.60 bits per heavy atom. The fourth-order valence-electron chi connectivity index (χ4n) is 2.44. The number of thiophene rings is 1. The molecule has 8 heteroatoms. The number of ether oxygens (including phenoxy) is 1. The minimum absolute atomic E-state index is 0.0134. The molecule has 1 aromatic heterocycles. The Labute approximate surface area is 177 Å². The van der Waals surface area contributed by atoms with Gasteiger partial charge in [-0.1, -0.05) is 24.3 Å². The van der Waals surface area contributed by atoms with E-state index in [2.05, 4.69) is 15.8 Å². The summed E-state index contributed by atoms with van der Waals surface area (Å²) < 4.78 is 5.10. The number of aromatic hydroxyl groups is 1. The number of methoxy groups -OCH3 is 1. The molecule has 2 amide bonds. The number of carbonyl (C=O) groups is 2. The summed E-state index contributed by atoms with van der Waals surface area (Å²) in [4.78, 5) is 25.9. The number of nitrogens with zero attached hydrogens (tertiary/aromatic N) is 1. The topological polar surface area (TPSA) is 100 Å². The van der Waals surface area contributed by atoms with Gasteiger partial charge in [0.25, 0.3) is 11.8 Å². The van der Waals surface area contributed by atoms with Crippen molar-refractivity contribution in [1.82, 2.24) is 10.7 Å². The molecule has 0 bridgehead atoms. The van der Waals surface area contributed by atoms with Gasteiger partial charge < -0.3 is 15.2 Å². The summed E-state index contributed by atoms with van der Waals surface area (Å²) in [5.41, 5.74) is 3.20. The van der Waals surface area contributed by atoms with Gasteiger partial charge in [0.1, 0.15) is 17.2 Å². The summed E-state index contributed by atoms with van der Waals surface area (Å²) in [6, 6.07) is 16.9. The van der Waals surface area contributed by atoms with Crippen LogP contribution in [0.4, 0.5) is 0 Å². The molecule has 0 aliphatic heterocycles. The lowest BCUT2D eigenvalue weighted by Gasteiger charge is -2.09. The van der Waals surface area contributed by atoms with Crippen LogP contribution >= 0.6 is 11.3 Å². The first-order valence-electron chi connectivity index (χ1n) is 8.89. The van der Waals surface area contributed by atoms with Gasteiger partial charge in [0.15, 0.2) is 0 Å². The fourth-order valence-corrected chi connectivity index (χ4v) is 3.10. The third-order valence-corrected chi connectivity index (χ3v) is 4.78. The van der Waals surface area contributed by atoms with E-state index in [-0.39, 0.29) is 11.4 Å². The number of rotatable bonds is 7. The lowest BCUT2D eigenvalue weighted by molar-refractivity contribution is -0.117. The number of hydrogen-bond donors (Lipinski definition) is 3. The zero-order valence-corrected chi connectivity index (χ0v) is 16.8. The predicted octanol–water partition coefficient (Wildman–Crippen LogP) is 3.38. The number of phenolic OH excluding ortho intramolecular Hbond substituents is 1. The van der Waals surface area contributed by atoms with Crippen LogP contribution in [0.2, 0.25) is 0 Å². The van der Waals surface area contributed by atoms with Gasteiger partial charge in [-0.2, -0.15) is 5.10 Å². The Balaban J connectivity index is 1.76. The van der Waals surface area contributed by atoms with E-state index >= 15 is 0 Å². The van der Waals surface area contributed by atoms with Crippen molar-refractivity contribution in [2.75, 3.05) is 7.11 Å². The van der Waals surface area contributed by atoms with Crippen LogP contribution in [0.3, 0.4) is 0 Å². The van der Waals surface area contributed by atoms with E-state index in [9.17, 15) is 14.7 Å². The molecule has 0 fully saturated rings. The second-order valence-electron chi connectivity index (χ2n) is 6.02. The zero-order valence-electron chi connectivity index (χ0n) is 16.0. The molecule has 3 aromatic rings. The van der Waals surface area contributed by atoms with Crippen molar-refractivity contribution in [1.29, 1.82) is 0 Å². The van der Waals surface area contributed by atoms with Gasteiger partial charge in [-0.3, -0.25) is 9.59 Å². The normalized spacial score (nSPS) is 11.3. The van der Waals surface area contributed by atoms with E-state index in [4.69, 9.17) is 4.74 Å². The first kappa shape index (κ1) is 20.8. The minimum atomic E-state index is -0.605. The van der Waals surface area contributed by atoms with Gasteiger partial charge in [-0.25, -0.2) is 5.43 Å². The van der Waals surface area contributed by atoms with Crippen molar-refractivity contribution in [3.8, 4) is 11.5 Å². The highest BCUT2D eigenvalue weighted by Crippen LogP contribution is 2.21. The largest absolute Gasteiger partial charge is 0.507 e. The quantitative estimate of drug-likeness (QED) is 0.309. The number of hydrazone groups is 1. The summed E-state index contributed by atoms with van der Waals surface area (Å²) in [7, 11) is 1.51. The predicted molar refractivity (Wildman–Crippen MR) is 117 cm³/mol. The van der Waals surface area contributed by atoms with Crippen LogP contribution in [-0.4, -0.2) is 30.2 Å². The van der Waals surface area contributed by atoms with Crippen LogP contribution in [0.25, 0.3) is 6.08 Å². The Bertz CT molecular complexity index is 1080. The number of nitrogens with one attached hydrogen (secondary N) is 2. The molecule has 3 N–H and O–H groups in total. The standard InChI is InChI=1S/C22H19N3O4S/c1-29-17-9-10-20(26)16(12-17)14-23-25-22(28)19(13-18-8-5-11-30-18)24-21(27)15-6-3-2-4-7-15/h2-14,26H,1H3,(H,24,27)(H,25,28)/b19-13+,23-14?. The monoisotopic (exact) mass is 421 g/mol. The molecule has 30 heavy (non-hydrogen) atoms. The number of carbonyl (C=O) groups excluding carboxylic acids is 2. The maximum Gasteiger partial charge on any atom is 0.287 e. The third kappa shape index (κ3) is 5.55. The van der Waals surface area contributed by atoms with E-state index in [1.165, 1.54) is 30.7 Å². The highest BCUT2D eigenvalue weighted by Gasteiger charge is 2.14. The molecule has 152 valence electrons. The molecule has 2 aromatic carbocycles. The highest BCUT2D eigenvalue weighted by molar-refractivity contribution is 7.10. The van der Waals surface area contributed by atoms with Gasteiger partial charge in [0.2, 0.25) is 0 Å². The van der Waals surface area contributed by atoms with Crippen molar-refractivity contribution >= 4 is 35.4 Å². The van der Waals surface area contributed by atoms with E-state index in [1.807, 2.05) is 17.5 Å². The van der Waals surface area contributed by atoms with Gasteiger partial charge in [-0.05, 0) is 47.9 Å². The van der Waals surface area contributed by atoms with E-state index in [0.717, 1.165) is 4.88 Å². The first-order chi connectivity index (χ1) is 14.6. The van der Waals surface area contributed by atoms with Crippen LogP contribution < -0.4 is 15.5 Å². The van der Waals surface area contributed by atoms with Crippen LogP contribution in [0, 0.1) is 0 Å². The van der Waals surface area contributed by atoms with Crippen LogP contribution in [0.15, 0.2) is 76.8 Å². The van der Waals surface area contributed by atoms with Crippen molar-refractivity contribution in [2.24, 2.45) is 5.10 Å². The molecule has 0 spiro atoms. The van der Waals surface area contributed by atoms with Gasteiger partial charge in [-0.15, -0.1) is 11.3 Å². The maximum absolute atomic E-state index is 12.6. The Kier molecular flexibility index (Phi) is 6.96. The number of amides is 2. The van der Waals surface area contributed by atoms with Crippen molar-refractivity contribution in [2.45, 2.75) is 0 Å². The average Bonchev–Trinajstić information content (AvgIpc) is 3.28. The number of benzene rings is 2. The summed E-state index contributed by atoms with van der Waals surface area (Å²) >= 11 is 1.43. The van der Waals surface area contributed by atoms with Crippen molar-refractivity contribution in [3.63, 3.8) is 0 Å². The summed E-state index contributed by atoms with van der Waals surface area (Å²) in [5.74, 6) is -0.496. The Hall–Kier alpha value is -3.91. The second kappa shape index (κ2) is 10.0. The van der Waals surface area contributed by atoms with E-state index < -0.39 is 11.8 Å². The molecule has 0 aliphatic carbocycles. The highest BCUT2D eigenvalue weighted by atomic mass is 32.1. The average molecular weight is 421 g/mol. The fraction of sp³-hybridized carbons (Fsp3) is 0.0455. The third-order valence-electron chi connectivity index (χ3n) is 3.96. The minimum Gasteiger partial charge on any atom is -0.507 e. The molecular weight excluding hydrogens is 402 g/mol. The van der Waals surface area contributed by atoms with Crippen molar-refractivity contribution in [3.05, 3.63) is 87.7 Å². The number of phenols is 1. The van der Waals surface area contributed by atoms with E-state index in [0.29, 0.717) is 16.9 Å². The molecule has 1 heterocycles. The Morgan fingerprint density at radius 2 is 1.90 bits per heavy atom. The second-order valence-corrected chi connectivity index (χ2v) is 7.00. The SMILES string of the molecule is COc1ccc(O)c(C=NNC(=O)/C(=C\c2cccs2)NC(=O)c2ccccc2)c1. The van der Waals surface area contributed by atoms with E-state index in [1.54, 1.807) is 48.5 Å². The summed E-state index contributed by atoms with van der Waals surface area (Å²) in [6.45, 7) is 0. The zero-order chi connectivity index (χ0) is 21.3. The van der Waals surface area contributed by atoms with Crippen LogP contribution in [0.1, 0.15) is 20.8 Å². The van der Waals surface area contributed by atoms with Crippen LogP contribution in [-0.2, 0) is 4.79 Å². The molecule has 0 aliphatic rings. The summed E-state index contributed by atoms with van der Waals surface area (Å²) in [6.07, 6.45) is 2.86. The summed E-state index contributed by atoms with van der Waals surface area (Å²) in [5, 5.41) is 18.3. The molecule has 0 radical (unpaired) electrons. The lowest BCUT2D eigenvalue weighted by Crippen LogP contribution is -2.32. The molecule has 0 unspecified atom stereocenters. The lowest BCUT2D eigenvalue weighted by atomic mass is 10.2. The van der Waals surface area contributed by atoms with Crippen LogP contribution in [0.5, 0.6) is 11.5 Å². The number of hydrogen-bond acceptors (Lipinski definition) is 6. The molecule has 3 rings (SSSR count). The smallest absolute Gasteiger partial charge is 0.287 e. The van der Waals surface area contributed by atoms with Gasteiger partial charge >= 0.3 is 0 Å². The Morgan fingerprint density at radius 1 is 1.10 bits per heavy atom. The van der Waals surface area contributed by atoms with Crippen molar-refractivity contribution < 1.29 is 19.4 Å². The van der Waals surface area contributed by atoms with Gasteiger partial charge in [0, 0.05) is 16.0 Å². The molecule has 0 saturated heterocycles. The maximum atomic E-state index is 12.6. The first-order valence-corrected chi connectivity index (χ1v) is 9.77.